The first-order valence-corrected chi connectivity index (χ1v) is 12.1. The molecule has 3 aromatic carbocycles. The van der Waals surface area contributed by atoms with E-state index in [-0.39, 0.29) is 17.9 Å². The number of carbonyl (C=O) groups excluding carboxylic acids is 1. The van der Waals surface area contributed by atoms with Crippen LogP contribution in [0.1, 0.15) is 23.6 Å². The molecule has 0 bridgehead atoms. The minimum atomic E-state index is -0.546. The molecule has 1 N–H and O–H groups in total. The van der Waals surface area contributed by atoms with Crippen molar-refractivity contribution in [1.82, 2.24) is 0 Å². The van der Waals surface area contributed by atoms with E-state index in [1.54, 1.807) is 48.5 Å². The molecule has 188 valence electrons. The molecule has 0 aliphatic rings. The Bertz CT molecular complexity index is 1390. The zero-order valence-corrected chi connectivity index (χ0v) is 21.7. The fourth-order valence-electron chi connectivity index (χ4n) is 3.50. The molecule has 0 aliphatic carbocycles. The number of nitriles is 1. The number of halogens is 1. The molecule has 1 amide bonds. The number of nitrogens with one attached hydrogen (secondary N) is 1. The maximum Gasteiger partial charge on any atom is 0.269 e. The number of ether oxygens (including phenoxy) is 2. The van der Waals surface area contributed by atoms with Crippen molar-refractivity contribution < 1.29 is 19.2 Å². The smallest absolute Gasteiger partial charge is 0.269 e. The number of allylic oxidation sites excluding steroid dienone is 1. The van der Waals surface area contributed by atoms with Crippen LogP contribution in [0, 0.1) is 21.4 Å². The van der Waals surface area contributed by atoms with Crippen molar-refractivity contribution >= 4 is 39.3 Å². The number of amides is 1. The van der Waals surface area contributed by atoms with Gasteiger partial charge in [0.15, 0.2) is 11.5 Å². The summed E-state index contributed by atoms with van der Waals surface area (Å²) in [4.78, 5) is 23.4. The monoisotopic (exact) mass is 561 g/mol. The topological polar surface area (TPSA) is 114 Å². The van der Waals surface area contributed by atoms with Gasteiger partial charge >= 0.3 is 0 Å². The van der Waals surface area contributed by atoms with Gasteiger partial charge in [-0.25, -0.2) is 0 Å². The highest BCUT2D eigenvalue weighted by molar-refractivity contribution is 9.10. The fraction of sp³-hybridized carbons (Fsp3) is 0.143. The normalized spacial score (nSPS) is 10.8. The van der Waals surface area contributed by atoms with Gasteiger partial charge in [-0.3, -0.25) is 14.9 Å². The molecule has 0 unspecified atom stereocenters. The van der Waals surface area contributed by atoms with Crippen LogP contribution in [0.25, 0.3) is 6.08 Å². The SMILES string of the molecule is C=CCc1cc(/C=C(/C#N)C(=O)Nc2cccc(Br)c2)cc(OCC)c1OCc1cccc([N+](=O)[O-])c1. The van der Waals surface area contributed by atoms with Crippen LogP contribution in [0.4, 0.5) is 11.4 Å². The predicted molar refractivity (Wildman–Crippen MR) is 145 cm³/mol. The zero-order chi connectivity index (χ0) is 26.8. The number of benzene rings is 3. The summed E-state index contributed by atoms with van der Waals surface area (Å²) in [5, 5.41) is 23.5. The maximum atomic E-state index is 12.7. The molecule has 0 fully saturated rings. The molecule has 0 aromatic heterocycles. The Morgan fingerprint density at radius 2 is 1.97 bits per heavy atom. The number of nitrogens with zero attached hydrogens (tertiary/aromatic N) is 2. The Morgan fingerprint density at radius 3 is 2.65 bits per heavy atom. The summed E-state index contributed by atoms with van der Waals surface area (Å²) in [5.41, 5.74) is 2.36. The lowest BCUT2D eigenvalue weighted by Gasteiger charge is -2.17. The van der Waals surface area contributed by atoms with Gasteiger partial charge in [0.05, 0.1) is 11.5 Å². The summed E-state index contributed by atoms with van der Waals surface area (Å²) in [7, 11) is 0. The van der Waals surface area contributed by atoms with Crippen LogP contribution in [-0.2, 0) is 17.8 Å². The molecule has 0 saturated carbocycles. The molecule has 0 heterocycles. The number of carbonyl (C=O) groups is 1. The molecule has 8 nitrogen and oxygen atoms in total. The molecule has 0 saturated heterocycles. The second-order valence-electron chi connectivity index (χ2n) is 7.78. The average Bonchev–Trinajstić information content (AvgIpc) is 2.87. The van der Waals surface area contributed by atoms with E-state index in [0.29, 0.717) is 41.3 Å². The van der Waals surface area contributed by atoms with Gasteiger partial charge in [0.25, 0.3) is 11.6 Å². The summed E-state index contributed by atoms with van der Waals surface area (Å²) in [6.07, 6.45) is 3.61. The van der Waals surface area contributed by atoms with E-state index in [1.807, 2.05) is 19.1 Å². The van der Waals surface area contributed by atoms with Crippen LogP contribution in [-0.4, -0.2) is 17.4 Å². The number of hydrogen-bond donors (Lipinski definition) is 1. The van der Waals surface area contributed by atoms with Crippen LogP contribution < -0.4 is 14.8 Å². The number of anilines is 1. The first-order valence-electron chi connectivity index (χ1n) is 11.3. The first kappa shape index (κ1) is 27.2. The van der Waals surface area contributed by atoms with Crippen molar-refractivity contribution in [2.45, 2.75) is 20.0 Å². The molecule has 0 radical (unpaired) electrons. The fourth-order valence-corrected chi connectivity index (χ4v) is 3.90. The van der Waals surface area contributed by atoms with Crippen molar-refractivity contribution in [2.75, 3.05) is 11.9 Å². The standard InChI is InChI=1S/C28H24BrN3O5/c1-3-7-21-12-20(13-22(17-30)28(33)31-24-10-6-9-23(29)16-24)15-26(36-4-2)27(21)37-18-19-8-5-11-25(14-19)32(34)35/h3,5-6,8-16H,1,4,7,18H2,2H3,(H,31,33)/b22-13-. The minimum absolute atomic E-state index is 0.0249. The Morgan fingerprint density at radius 1 is 1.19 bits per heavy atom. The number of nitro benzene ring substituents is 1. The molecule has 0 spiro atoms. The summed E-state index contributed by atoms with van der Waals surface area (Å²) in [6.45, 7) is 6.06. The lowest BCUT2D eigenvalue weighted by atomic mass is 10.0. The molecular weight excluding hydrogens is 538 g/mol. The summed E-state index contributed by atoms with van der Waals surface area (Å²) in [6, 6.07) is 18.7. The molecule has 0 aliphatic heterocycles. The summed E-state index contributed by atoms with van der Waals surface area (Å²) >= 11 is 3.35. The van der Waals surface area contributed by atoms with Gasteiger partial charge in [-0.15, -0.1) is 6.58 Å². The van der Waals surface area contributed by atoms with Gasteiger partial charge in [-0.05, 0) is 60.9 Å². The highest BCUT2D eigenvalue weighted by atomic mass is 79.9. The van der Waals surface area contributed by atoms with Crippen LogP contribution >= 0.6 is 15.9 Å². The molecule has 9 heteroatoms. The first-order chi connectivity index (χ1) is 17.8. The maximum absolute atomic E-state index is 12.7. The van der Waals surface area contributed by atoms with Crippen LogP contribution in [0.5, 0.6) is 11.5 Å². The number of hydrogen-bond acceptors (Lipinski definition) is 6. The van der Waals surface area contributed by atoms with Crippen molar-refractivity contribution in [3.8, 4) is 17.6 Å². The molecule has 3 aromatic rings. The number of rotatable bonds is 11. The van der Waals surface area contributed by atoms with E-state index in [1.165, 1.54) is 18.2 Å². The van der Waals surface area contributed by atoms with Crippen molar-refractivity contribution in [3.63, 3.8) is 0 Å². The van der Waals surface area contributed by atoms with Gasteiger partial charge in [-0.2, -0.15) is 5.26 Å². The van der Waals surface area contributed by atoms with E-state index in [2.05, 4.69) is 27.8 Å². The van der Waals surface area contributed by atoms with Crippen molar-refractivity contribution in [1.29, 1.82) is 5.26 Å². The van der Waals surface area contributed by atoms with Crippen LogP contribution in [0.3, 0.4) is 0 Å². The summed E-state index contributed by atoms with van der Waals surface area (Å²) in [5.74, 6) is 0.334. The van der Waals surface area contributed by atoms with Gasteiger partial charge in [0.2, 0.25) is 0 Å². The van der Waals surface area contributed by atoms with Crippen LogP contribution in [0.15, 0.2) is 83.4 Å². The molecular formula is C28H24BrN3O5. The second kappa shape index (κ2) is 13.0. The second-order valence-corrected chi connectivity index (χ2v) is 8.70. The Labute approximate surface area is 223 Å². The quantitative estimate of drug-likeness (QED) is 0.0925. The van der Waals surface area contributed by atoms with E-state index in [9.17, 15) is 20.2 Å². The molecule has 3 rings (SSSR count). The lowest BCUT2D eigenvalue weighted by Crippen LogP contribution is -2.13. The van der Waals surface area contributed by atoms with Crippen molar-refractivity contribution in [3.05, 3.63) is 110 Å². The average molecular weight is 562 g/mol. The van der Waals surface area contributed by atoms with Gasteiger partial charge in [0.1, 0.15) is 18.2 Å². The zero-order valence-electron chi connectivity index (χ0n) is 20.1. The third-order valence-electron chi connectivity index (χ3n) is 5.08. The van der Waals surface area contributed by atoms with Crippen molar-refractivity contribution in [2.24, 2.45) is 0 Å². The Kier molecular flexibility index (Phi) is 9.58. The van der Waals surface area contributed by atoms with E-state index < -0.39 is 10.8 Å². The van der Waals surface area contributed by atoms with E-state index in [4.69, 9.17) is 9.47 Å². The third kappa shape index (κ3) is 7.53. The minimum Gasteiger partial charge on any atom is -0.490 e. The lowest BCUT2D eigenvalue weighted by molar-refractivity contribution is -0.384. The predicted octanol–water partition coefficient (Wildman–Crippen LogP) is 6.61. The Hall–Kier alpha value is -4.42. The van der Waals surface area contributed by atoms with E-state index in [0.717, 1.165) is 10.0 Å². The largest absolute Gasteiger partial charge is 0.490 e. The third-order valence-corrected chi connectivity index (χ3v) is 5.57. The molecule has 37 heavy (non-hydrogen) atoms. The summed E-state index contributed by atoms with van der Waals surface area (Å²) < 4.78 is 12.7. The highest BCUT2D eigenvalue weighted by Gasteiger charge is 2.16. The Balaban J connectivity index is 1.93. The van der Waals surface area contributed by atoms with Crippen LogP contribution in [0.2, 0.25) is 0 Å². The number of nitro groups is 1. The molecule has 0 atom stereocenters. The number of non-ortho nitro benzene ring substituents is 1. The van der Waals surface area contributed by atoms with Gasteiger partial charge in [-0.1, -0.05) is 40.2 Å². The highest BCUT2D eigenvalue weighted by Crippen LogP contribution is 2.35. The van der Waals surface area contributed by atoms with Gasteiger partial charge in [0, 0.05) is 27.9 Å². The van der Waals surface area contributed by atoms with Gasteiger partial charge < -0.3 is 14.8 Å². The van der Waals surface area contributed by atoms with E-state index >= 15 is 0 Å².